The van der Waals surface area contributed by atoms with Gasteiger partial charge in [0, 0.05) is 17.5 Å². The molecule has 0 bridgehead atoms. The molecular weight excluding hydrogens is 445 g/mol. The van der Waals surface area contributed by atoms with Crippen LogP contribution in [-0.4, -0.2) is 29.0 Å². The average molecular weight is 466 g/mol. The molecule has 4 rings (SSSR count). The molecular formula is C21H21ClFN3O4S. The van der Waals surface area contributed by atoms with Crippen LogP contribution in [0.15, 0.2) is 50.8 Å². The van der Waals surface area contributed by atoms with Crippen LogP contribution in [0.2, 0.25) is 5.02 Å². The number of hydrogen-bond acceptors (Lipinski definition) is 5. The van der Waals surface area contributed by atoms with Gasteiger partial charge < -0.3 is 4.42 Å². The third-order valence-electron chi connectivity index (χ3n) is 5.90. The summed E-state index contributed by atoms with van der Waals surface area (Å²) in [5.74, 6) is -2.02. The van der Waals surface area contributed by atoms with Crippen LogP contribution in [0.5, 0.6) is 0 Å². The quantitative estimate of drug-likeness (QED) is 0.585. The van der Waals surface area contributed by atoms with E-state index in [4.69, 9.17) is 16.0 Å². The molecule has 0 fully saturated rings. The minimum Gasteiger partial charge on any atom is -0.395 e. The number of halogens is 2. The van der Waals surface area contributed by atoms with Crippen LogP contribution in [0, 0.1) is 19.7 Å². The SMILES string of the molecule is Cc1ccc(F)c([C@H](C)[C@H](N2CCc3cc(Cl)ccc3S2(=O)=O)n2ncoc2=O)c1C. The van der Waals surface area contributed by atoms with Crippen molar-refractivity contribution >= 4 is 21.6 Å². The number of nitrogens with zero attached hydrogens (tertiary/aromatic N) is 3. The van der Waals surface area contributed by atoms with Gasteiger partial charge in [-0.15, -0.1) is 5.10 Å². The average Bonchev–Trinajstić information content (AvgIpc) is 3.12. The number of benzene rings is 2. The molecule has 2 aromatic carbocycles. The number of hydrogen-bond donors (Lipinski definition) is 0. The van der Waals surface area contributed by atoms with Gasteiger partial charge in [-0.3, -0.25) is 0 Å². The highest BCUT2D eigenvalue weighted by molar-refractivity contribution is 7.89. The van der Waals surface area contributed by atoms with E-state index in [1.807, 2.05) is 6.92 Å². The van der Waals surface area contributed by atoms with Crippen molar-refractivity contribution < 1.29 is 17.2 Å². The van der Waals surface area contributed by atoms with E-state index >= 15 is 0 Å². The highest BCUT2D eigenvalue weighted by Crippen LogP contribution is 2.40. The third kappa shape index (κ3) is 3.60. The van der Waals surface area contributed by atoms with Gasteiger partial charge in [-0.05, 0) is 66.8 Å². The highest BCUT2D eigenvalue weighted by atomic mass is 35.5. The fraction of sp³-hybridized carbons (Fsp3) is 0.333. The summed E-state index contributed by atoms with van der Waals surface area (Å²) in [7, 11) is -4.02. The lowest BCUT2D eigenvalue weighted by molar-refractivity contribution is 0.183. The number of fused-ring (bicyclic) bond motifs is 1. The largest absolute Gasteiger partial charge is 0.438 e. The summed E-state index contributed by atoms with van der Waals surface area (Å²) in [5, 5.41) is 4.39. The van der Waals surface area contributed by atoms with E-state index < -0.39 is 33.7 Å². The highest BCUT2D eigenvalue weighted by Gasteiger charge is 2.42. The first-order valence-corrected chi connectivity index (χ1v) is 11.5. The van der Waals surface area contributed by atoms with Crippen LogP contribution in [-0.2, 0) is 16.4 Å². The number of aryl methyl sites for hydroxylation is 1. The summed E-state index contributed by atoms with van der Waals surface area (Å²) in [6.07, 6.45) is 0.224. The van der Waals surface area contributed by atoms with E-state index in [0.29, 0.717) is 28.1 Å². The van der Waals surface area contributed by atoms with Crippen molar-refractivity contribution in [1.82, 2.24) is 14.1 Å². The molecule has 164 valence electrons. The van der Waals surface area contributed by atoms with Crippen molar-refractivity contribution in [3.63, 3.8) is 0 Å². The molecule has 1 aromatic heterocycles. The minimum absolute atomic E-state index is 0.0798. The summed E-state index contributed by atoms with van der Waals surface area (Å²) in [6, 6.07) is 7.59. The second kappa shape index (κ2) is 7.89. The van der Waals surface area contributed by atoms with Crippen molar-refractivity contribution in [2.75, 3.05) is 6.54 Å². The van der Waals surface area contributed by atoms with Crippen LogP contribution in [0.3, 0.4) is 0 Å². The molecule has 2 heterocycles. The van der Waals surface area contributed by atoms with E-state index in [9.17, 15) is 17.6 Å². The normalized spacial score (nSPS) is 17.8. The van der Waals surface area contributed by atoms with Gasteiger partial charge in [-0.2, -0.15) is 8.99 Å². The first-order valence-electron chi connectivity index (χ1n) is 9.71. The Balaban J connectivity index is 1.90. The molecule has 0 spiro atoms. The number of rotatable bonds is 4. The van der Waals surface area contributed by atoms with Crippen molar-refractivity contribution in [2.45, 2.75) is 44.2 Å². The van der Waals surface area contributed by atoms with Crippen LogP contribution >= 0.6 is 11.6 Å². The molecule has 0 N–H and O–H groups in total. The molecule has 31 heavy (non-hydrogen) atoms. The van der Waals surface area contributed by atoms with E-state index in [-0.39, 0.29) is 11.4 Å². The van der Waals surface area contributed by atoms with E-state index in [1.54, 1.807) is 26.0 Å². The number of aromatic nitrogens is 2. The Morgan fingerprint density at radius 3 is 2.65 bits per heavy atom. The third-order valence-corrected chi connectivity index (χ3v) is 8.11. The van der Waals surface area contributed by atoms with E-state index in [1.165, 1.54) is 22.5 Å². The lowest BCUT2D eigenvalue weighted by atomic mass is 9.90. The molecule has 10 heteroatoms. The standard InChI is InChI=1S/C21H21ClFN3O4S/c1-12-4-6-17(23)19(13(12)2)14(3)20(26-21(27)30-11-24-26)25-9-8-15-10-16(22)5-7-18(15)31(25,28)29/h4-7,10-11,14,20H,8-9H2,1-3H3/t14-,20+/m0/s1. The predicted molar refractivity (Wildman–Crippen MR) is 113 cm³/mol. The van der Waals surface area contributed by atoms with Gasteiger partial charge >= 0.3 is 5.76 Å². The predicted octanol–water partition coefficient (Wildman–Crippen LogP) is 3.79. The fourth-order valence-electron chi connectivity index (χ4n) is 4.24. The number of sulfonamides is 1. The summed E-state index contributed by atoms with van der Waals surface area (Å²) in [4.78, 5) is 12.5. The maximum atomic E-state index is 14.9. The molecule has 7 nitrogen and oxygen atoms in total. The Kier molecular flexibility index (Phi) is 5.53. The van der Waals surface area contributed by atoms with Crippen molar-refractivity contribution in [3.05, 3.63) is 80.4 Å². The molecule has 0 saturated carbocycles. The molecule has 1 aliphatic heterocycles. The van der Waals surface area contributed by atoms with Crippen LogP contribution in [0.1, 0.15) is 41.3 Å². The minimum atomic E-state index is -4.02. The summed E-state index contributed by atoms with van der Waals surface area (Å²) in [5.41, 5.74) is 2.48. The second-order valence-electron chi connectivity index (χ2n) is 7.67. The zero-order valence-electron chi connectivity index (χ0n) is 17.2. The second-order valence-corrected chi connectivity index (χ2v) is 9.97. The molecule has 0 amide bonds. The summed E-state index contributed by atoms with van der Waals surface area (Å²) < 4.78 is 49.0. The molecule has 0 radical (unpaired) electrons. The summed E-state index contributed by atoms with van der Waals surface area (Å²) >= 11 is 6.03. The zero-order chi connectivity index (χ0) is 22.5. The van der Waals surface area contributed by atoms with Gasteiger partial charge in [0.05, 0.1) is 4.90 Å². The van der Waals surface area contributed by atoms with Crippen molar-refractivity contribution in [3.8, 4) is 0 Å². The monoisotopic (exact) mass is 465 g/mol. The van der Waals surface area contributed by atoms with Gasteiger partial charge in [0.15, 0.2) is 0 Å². The Morgan fingerprint density at radius 2 is 1.97 bits per heavy atom. The van der Waals surface area contributed by atoms with Gasteiger partial charge in [0.1, 0.15) is 12.0 Å². The zero-order valence-corrected chi connectivity index (χ0v) is 18.7. The molecule has 0 aliphatic carbocycles. The maximum absolute atomic E-state index is 14.9. The van der Waals surface area contributed by atoms with Crippen LogP contribution < -0.4 is 5.76 Å². The van der Waals surface area contributed by atoms with Crippen molar-refractivity contribution in [1.29, 1.82) is 0 Å². The van der Waals surface area contributed by atoms with Gasteiger partial charge in [0.2, 0.25) is 16.4 Å². The molecule has 0 unspecified atom stereocenters. The van der Waals surface area contributed by atoms with E-state index in [2.05, 4.69) is 5.10 Å². The smallest absolute Gasteiger partial charge is 0.395 e. The van der Waals surface area contributed by atoms with Gasteiger partial charge in [-0.1, -0.05) is 24.6 Å². The first kappa shape index (κ1) is 21.7. The van der Waals surface area contributed by atoms with E-state index in [0.717, 1.165) is 16.6 Å². The first-order chi connectivity index (χ1) is 14.6. The topological polar surface area (TPSA) is 85.4 Å². The van der Waals surface area contributed by atoms with Crippen LogP contribution in [0.4, 0.5) is 4.39 Å². The van der Waals surface area contributed by atoms with Gasteiger partial charge in [-0.25, -0.2) is 17.6 Å². The Labute approximate surface area is 184 Å². The molecule has 2 atom stereocenters. The Morgan fingerprint density at radius 1 is 1.23 bits per heavy atom. The van der Waals surface area contributed by atoms with Crippen LogP contribution in [0.25, 0.3) is 0 Å². The van der Waals surface area contributed by atoms with Gasteiger partial charge in [0.25, 0.3) is 0 Å². The lowest BCUT2D eigenvalue weighted by Crippen LogP contribution is -2.47. The maximum Gasteiger partial charge on any atom is 0.438 e. The summed E-state index contributed by atoms with van der Waals surface area (Å²) in [6.45, 7) is 5.38. The fourth-order valence-corrected chi connectivity index (χ4v) is 6.31. The molecule has 0 saturated heterocycles. The molecule has 1 aliphatic rings. The lowest BCUT2D eigenvalue weighted by Gasteiger charge is -2.37. The Hall–Kier alpha value is -2.49. The Bertz CT molecular complexity index is 1320. The molecule has 3 aromatic rings. The van der Waals surface area contributed by atoms with Crippen molar-refractivity contribution in [2.24, 2.45) is 0 Å².